The number of benzene rings is 1. The quantitative estimate of drug-likeness (QED) is 0.793. The summed E-state index contributed by atoms with van der Waals surface area (Å²) in [4.78, 5) is 18.4. The molecular weight excluding hydrogens is 331 g/mol. The molecule has 26 heavy (non-hydrogen) atoms. The number of carbonyl (C=O) groups excluding carboxylic acids is 1. The van der Waals surface area contributed by atoms with E-state index in [-0.39, 0.29) is 11.7 Å². The summed E-state index contributed by atoms with van der Waals surface area (Å²) < 4.78 is 18.8. The van der Waals surface area contributed by atoms with Crippen molar-refractivity contribution < 1.29 is 13.9 Å². The van der Waals surface area contributed by atoms with Gasteiger partial charge in [-0.05, 0) is 41.3 Å². The van der Waals surface area contributed by atoms with Gasteiger partial charge in [0.1, 0.15) is 5.82 Å². The van der Waals surface area contributed by atoms with E-state index in [1.54, 1.807) is 53.6 Å². The van der Waals surface area contributed by atoms with Crippen LogP contribution in [0.1, 0.15) is 18.0 Å². The molecule has 4 nitrogen and oxygen atoms in total. The molecule has 5 heteroatoms. The lowest BCUT2D eigenvalue weighted by Crippen LogP contribution is -2.41. The van der Waals surface area contributed by atoms with Crippen LogP contribution in [0.4, 0.5) is 9.18 Å². The molecule has 1 atom stereocenters. The fraction of sp³-hybridized carbons (Fsp3) is 0.143. The van der Waals surface area contributed by atoms with Crippen LogP contribution >= 0.6 is 0 Å². The van der Waals surface area contributed by atoms with Crippen molar-refractivity contribution in [2.75, 3.05) is 6.54 Å². The molecule has 132 valence electrons. The number of hydrogen-bond acceptors (Lipinski definition) is 3. The number of rotatable bonds is 4. The van der Waals surface area contributed by atoms with E-state index in [0.717, 1.165) is 16.7 Å². The van der Waals surface area contributed by atoms with Crippen LogP contribution in [0.3, 0.4) is 0 Å². The van der Waals surface area contributed by atoms with E-state index in [2.05, 4.69) is 18.1 Å². The van der Waals surface area contributed by atoms with Crippen molar-refractivity contribution in [3.05, 3.63) is 96.5 Å². The van der Waals surface area contributed by atoms with Gasteiger partial charge in [-0.1, -0.05) is 43.5 Å². The molecule has 2 heterocycles. The van der Waals surface area contributed by atoms with Gasteiger partial charge in [0.2, 0.25) is 5.88 Å². The van der Waals surface area contributed by atoms with Gasteiger partial charge in [0.05, 0.1) is 6.04 Å². The van der Waals surface area contributed by atoms with Crippen molar-refractivity contribution in [3.8, 4) is 5.88 Å². The first-order chi connectivity index (χ1) is 12.6. The molecule has 1 amide bonds. The predicted octanol–water partition coefficient (Wildman–Crippen LogP) is 4.84. The number of nitrogens with zero attached hydrogens (tertiary/aromatic N) is 2. The van der Waals surface area contributed by atoms with Crippen molar-refractivity contribution in [2.45, 2.75) is 12.5 Å². The van der Waals surface area contributed by atoms with E-state index in [4.69, 9.17) is 4.74 Å². The Morgan fingerprint density at radius 1 is 1.19 bits per heavy atom. The maximum absolute atomic E-state index is 13.4. The first-order valence-electron chi connectivity index (χ1n) is 8.27. The lowest BCUT2D eigenvalue weighted by atomic mass is 9.88. The van der Waals surface area contributed by atoms with Gasteiger partial charge < -0.3 is 4.74 Å². The highest BCUT2D eigenvalue weighted by molar-refractivity contribution is 5.72. The molecule has 0 fully saturated rings. The van der Waals surface area contributed by atoms with Crippen LogP contribution < -0.4 is 4.74 Å². The molecule has 0 saturated heterocycles. The molecule has 2 aromatic rings. The first kappa shape index (κ1) is 17.6. The van der Waals surface area contributed by atoms with E-state index < -0.39 is 12.1 Å². The zero-order chi connectivity index (χ0) is 18.5. The third kappa shape index (κ3) is 3.57. The van der Waals surface area contributed by atoms with Gasteiger partial charge in [-0.25, -0.2) is 14.2 Å². The Hall–Kier alpha value is -3.21. The Bertz CT molecular complexity index is 844. The lowest BCUT2D eigenvalue weighted by molar-refractivity contribution is 0.134. The summed E-state index contributed by atoms with van der Waals surface area (Å²) in [5.74, 6) is -0.103. The van der Waals surface area contributed by atoms with Gasteiger partial charge >= 0.3 is 6.09 Å². The molecule has 1 aromatic heterocycles. The van der Waals surface area contributed by atoms with Crippen LogP contribution in [0.5, 0.6) is 5.88 Å². The van der Waals surface area contributed by atoms with E-state index in [0.29, 0.717) is 13.0 Å². The molecule has 0 saturated carbocycles. The average Bonchev–Trinajstić information content (AvgIpc) is 2.68. The van der Waals surface area contributed by atoms with Crippen LogP contribution in [-0.4, -0.2) is 22.5 Å². The molecular formula is C21H19FN2O2. The minimum absolute atomic E-state index is 0.231. The summed E-state index contributed by atoms with van der Waals surface area (Å²) in [5.41, 5.74) is 2.64. The number of halogens is 1. The molecule has 0 bridgehead atoms. The number of amides is 1. The van der Waals surface area contributed by atoms with Gasteiger partial charge in [0, 0.05) is 18.8 Å². The monoisotopic (exact) mass is 350 g/mol. The Morgan fingerprint density at radius 3 is 2.58 bits per heavy atom. The standard InChI is InChI=1S/C21H19FN2O2/c1-3-15-12-14-24(21(25)26-19-7-5-6-13-23-19)20(18(15)4-2)16-8-10-17(22)11-9-16/h3-11,13,20H,1-2,12,14H2/t20-/m0/s1. The van der Waals surface area contributed by atoms with Crippen molar-refractivity contribution in [1.29, 1.82) is 0 Å². The maximum Gasteiger partial charge on any atom is 0.417 e. The van der Waals surface area contributed by atoms with E-state index in [1.165, 1.54) is 12.1 Å². The molecule has 0 spiro atoms. The summed E-state index contributed by atoms with van der Waals surface area (Å²) in [6.45, 7) is 8.19. The molecule has 0 unspecified atom stereocenters. The van der Waals surface area contributed by atoms with E-state index >= 15 is 0 Å². The van der Waals surface area contributed by atoms with Gasteiger partial charge in [-0.15, -0.1) is 0 Å². The maximum atomic E-state index is 13.4. The summed E-state index contributed by atoms with van der Waals surface area (Å²) in [7, 11) is 0. The molecule has 1 aliphatic rings. The van der Waals surface area contributed by atoms with Crippen molar-refractivity contribution in [1.82, 2.24) is 9.88 Å². The third-order valence-corrected chi connectivity index (χ3v) is 4.32. The van der Waals surface area contributed by atoms with Crippen LogP contribution in [0, 0.1) is 5.82 Å². The van der Waals surface area contributed by atoms with Gasteiger partial charge in [-0.2, -0.15) is 0 Å². The topological polar surface area (TPSA) is 42.4 Å². The number of pyridine rings is 1. The Morgan fingerprint density at radius 2 is 1.96 bits per heavy atom. The fourth-order valence-electron chi connectivity index (χ4n) is 3.08. The summed E-state index contributed by atoms with van der Waals surface area (Å²) >= 11 is 0. The molecule has 1 aliphatic heterocycles. The zero-order valence-electron chi connectivity index (χ0n) is 14.3. The van der Waals surface area contributed by atoms with Crippen molar-refractivity contribution in [3.63, 3.8) is 0 Å². The summed E-state index contributed by atoms with van der Waals surface area (Å²) in [6.07, 6.45) is 5.17. The van der Waals surface area contributed by atoms with Gasteiger partial charge in [0.25, 0.3) is 0 Å². The average molecular weight is 350 g/mol. The number of carbonyl (C=O) groups is 1. The minimum atomic E-state index is -0.513. The molecule has 0 aliphatic carbocycles. The largest absolute Gasteiger partial charge is 0.417 e. The number of aromatic nitrogens is 1. The van der Waals surface area contributed by atoms with Gasteiger partial charge in [0.15, 0.2) is 0 Å². The van der Waals surface area contributed by atoms with Crippen LogP contribution in [0.25, 0.3) is 0 Å². The predicted molar refractivity (Wildman–Crippen MR) is 98.1 cm³/mol. The van der Waals surface area contributed by atoms with Crippen LogP contribution in [0.15, 0.2) is 85.1 Å². The number of hydrogen-bond donors (Lipinski definition) is 0. The SMILES string of the molecule is C=CC1=C(C=C)[C@H](c2ccc(F)cc2)N(C(=O)Oc2ccccn2)CC1. The Labute approximate surface area is 151 Å². The highest BCUT2D eigenvalue weighted by atomic mass is 19.1. The second-order valence-electron chi connectivity index (χ2n) is 5.82. The highest BCUT2D eigenvalue weighted by Gasteiger charge is 2.33. The smallest absolute Gasteiger partial charge is 0.391 e. The molecule has 0 N–H and O–H groups in total. The molecule has 1 aromatic carbocycles. The second-order valence-corrected chi connectivity index (χ2v) is 5.82. The Balaban J connectivity index is 1.98. The fourth-order valence-corrected chi connectivity index (χ4v) is 3.08. The van der Waals surface area contributed by atoms with Crippen LogP contribution in [0.2, 0.25) is 0 Å². The Kier molecular flexibility index (Phi) is 5.27. The van der Waals surface area contributed by atoms with Crippen molar-refractivity contribution in [2.24, 2.45) is 0 Å². The summed E-state index contributed by atoms with van der Waals surface area (Å²) in [6, 6.07) is 10.8. The highest BCUT2D eigenvalue weighted by Crippen LogP contribution is 2.37. The first-order valence-corrected chi connectivity index (χ1v) is 8.27. The van der Waals surface area contributed by atoms with E-state index in [1.807, 2.05) is 0 Å². The van der Waals surface area contributed by atoms with Crippen molar-refractivity contribution >= 4 is 6.09 Å². The number of ether oxygens (including phenoxy) is 1. The van der Waals surface area contributed by atoms with E-state index in [9.17, 15) is 9.18 Å². The number of allylic oxidation sites excluding steroid dienone is 1. The lowest BCUT2D eigenvalue weighted by Gasteiger charge is -2.37. The summed E-state index contributed by atoms with van der Waals surface area (Å²) in [5, 5.41) is 0. The normalized spacial score (nSPS) is 17.0. The van der Waals surface area contributed by atoms with Gasteiger partial charge in [-0.3, -0.25) is 4.90 Å². The third-order valence-electron chi connectivity index (χ3n) is 4.32. The molecule has 3 rings (SSSR count). The minimum Gasteiger partial charge on any atom is -0.391 e. The molecule has 0 radical (unpaired) electrons. The second kappa shape index (κ2) is 7.78. The zero-order valence-corrected chi connectivity index (χ0v) is 14.3. The van der Waals surface area contributed by atoms with Crippen LogP contribution in [-0.2, 0) is 0 Å².